The Morgan fingerprint density at radius 3 is 2.32 bits per heavy atom. The number of hydrogen-bond acceptors (Lipinski definition) is 3. The summed E-state index contributed by atoms with van der Waals surface area (Å²) < 4.78 is 1.66. The van der Waals surface area contributed by atoms with Crippen molar-refractivity contribution in [2.45, 2.75) is 20.4 Å². The Bertz CT molecular complexity index is 1350. The Hall–Kier alpha value is -3.99. The molecule has 1 aromatic heterocycles. The number of fused-ring (bicyclic) bond motifs is 1. The first-order valence-corrected chi connectivity index (χ1v) is 10.0. The van der Waals surface area contributed by atoms with E-state index < -0.39 is 0 Å². The van der Waals surface area contributed by atoms with Crippen molar-refractivity contribution >= 4 is 28.3 Å². The number of benzene rings is 3. The molecule has 5 nitrogen and oxygen atoms in total. The van der Waals surface area contributed by atoms with E-state index in [1.165, 1.54) is 6.20 Å². The number of hydrogen-bond donors (Lipinski definition) is 1. The molecule has 4 aromatic rings. The summed E-state index contributed by atoms with van der Waals surface area (Å²) in [4.78, 5) is 38.8. The minimum Gasteiger partial charge on any atom is -0.337 e. The van der Waals surface area contributed by atoms with Crippen LogP contribution in [0.2, 0.25) is 0 Å². The van der Waals surface area contributed by atoms with E-state index >= 15 is 0 Å². The summed E-state index contributed by atoms with van der Waals surface area (Å²) in [7, 11) is 0. The van der Waals surface area contributed by atoms with Crippen molar-refractivity contribution in [3.63, 3.8) is 0 Å². The average Bonchev–Trinajstić information content (AvgIpc) is 2.78. The van der Waals surface area contributed by atoms with Gasteiger partial charge in [-0.1, -0.05) is 48.5 Å². The number of rotatable bonds is 5. The number of nitrogens with one attached hydrogen (secondary N) is 1. The lowest BCUT2D eigenvalue weighted by Crippen LogP contribution is -2.24. The number of anilines is 1. The third-order valence-corrected chi connectivity index (χ3v) is 5.37. The molecule has 0 bridgehead atoms. The van der Waals surface area contributed by atoms with Crippen LogP contribution in [-0.4, -0.2) is 16.3 Å². The van der Waals surface area contributed by atoms with Gasteiger partial charge in [0.25, 0.3) is 0 Å². The van der Waals surface area contributed by atoms with Gasteiger partial charge in [-0.2, -0.15) is 0 Å². The molecule has 1 N–H and O–H groups in total. The van der Waals surface area contributed by atoms with Crippen molar-refractivity contribution in [3.05, 3.63) is 111 Å². The van der Waals surface area contributed by atoms with E-state index in [9.17, 15) is 14.4 Å². The fourth-order valence-corrected chi connectivity index (χ4v) is 3.56. The van der Waals surface area contributed by atoms with Gasteiger partial charge in [0.1, 0.15) is 6.54 Å². The van der Waals surface area contributed by atoms with Crippen LogP contribution in [0.5, 0.6) is 0 Å². The predicted octanol–water partition coefficient (Wildman–Crippen LogP) is 4.49. The maximum Gasteiger partial charge on any atom is 0.244 e. The normalized spacial score (nSPS) is 10.8. The number of para-hydroxylation sites is 1. The van der Waals surface area contributed by atoms with Crippen LogP contribution in [0, 0.1) is 13.8 Å². The van der Waals surface area contributed by atoms with Gasteiger partial charge in [0.2, 0.25) is 11.3 Å². The Morgan fingerprint density at radius 2 is 1.58 bits per heavy atom. The highest BCUT2D eigenvalue weighted by Gasteiger charge is 2.18. The van der Waals surface area contributed by atoms with Gasteiger partial charge in [-0.15, -0.1) is 0 Å². The summed E-state index contributed by atoms with van der Waals surface area (Å²) in [5.41, 5.74) is 3.68. The third-order valence-electron chi connectivity index (χ3n) is 5.37. The van der Waals surface area contributed by atoms with Crippen LogP contribution < -0.4 is 10.7 Å². The predicted molar refractivity (Wildman–Crippen MR) is 123 cm³/mol. The number of carbonyl (C=O) groups is 2. The molecule has 0 atom stereocenters. The van der Waals surface area contributed by atoms with Crippen molar-refractivity contribution < 1.29 is 9.59 Å². The monoisotopic (exact) mass is 410 g/mol. The minimum atomic E-state index is -0.361. The number of nitrogens with zero attached hydrogens (tertiary/aromatic N) is 1. The standard InChI is InChI=1S/C26H22N2O3/c1-17-12-13-20(14-18(17)2)27-24(29)16-28-15-22(25(30)19-8-4-3-5-9-19)26(31)21-10-6-7-11-23(21)28/h3-15H,16H2,1-2H3,(H,27,29). The largest absolute Gasteiger partial charge is 0.337 e. The number of ketones is 1. The first-order valence-electron chi connectivity index (χ1n) is 10.0. The summed E-state index contributed by atoms with van der Waals surface area (Å²) >= 11 is 0. The van der Waals surface area contributed by atoms with Gasteiger partial charge in [0, 0.05) is 22.8 Å². The Labute approximate surface area is 180 Å². The fourth-order valence-electron chi connectivity index (χ4n) is 3.56. The van der Waals surface area contributed by atoms with Crippen molar-refractivity contribution in [1.82, 2.24) is 4.57 Å². The molecule has 0 spiro atoms. The second-order valence-electron chi connectivity index (χ2n) is 7.56. The molecule has 1 amide bonds. The molecule has 4 rings (SSSR count). The van der Waals surface area contributed by atoms with Crippen LogP contribution in [0.1, 0.15) is 27.0 Å². The highest BCUT2D eigenvalue weighted by Crippen LogP contribution is 2.17. The number of amides is 1. The Kier molecular flexibility index (Phi) is 5.50. The second kappa shape index (κ2) is 8.40. The molecule has 154 valence electrons. The molecule has 0 aliphatic rings. The van der Waals surface area contributed by atoms with Gasteiger partial charge in [-0.25, -0.2) is 0 Å². The van der Waals surface area contributed by atoms with Crippen molar-refractivity contribution in [2.24, 2.45) is 0 Å². The van der Waals surface area contributed by atoms with E-state index in [0.717, 1.165) is 11.1 Å². The number of pyridine rings is 1. The van der Waals surface area contributed by atoms with Gasteiger partial charge in [-0.3, -0.25) is 14.4 Å². The van der Waals surface area contributed by atoms with Gasteiger partial charge < -0.3 is 9.88 Å². The molecule has 1 heterocycles. The number of aryl methyl sites for hydroxylation is 2. The lowest BCUT2D eigenvalue weighted by Gasteiger charge is -2.14. The maximum absolute atomic E-state index is 13.0. The minimum absolute atomic E-state index is 0.0250. The van der Waals surface area contributed by atoms with Gasteiger partial charge in [0.15, 0.2) is 5.78 Å². The first kappa shape index (κ1) is 20.3. The zero-order valence-corrected chi connectivity index (χ0v) is 17.4. The lowest BCUT2D eigenvalue weighted by molar-refractivity contribution is -0.116. The molecule has 3 aromatic carbocycles. The van der Waals surface area contributed by atoms with Crippen LogP contribution in [0.3, 0.4) is 0 Å². The van der Waals surface area contributed by atoms with E-state index in [1.807, 2.05) is 38.1 Å². The third kappa shape index (κ3) is 4.16. The summed E-state index contributed by atoms with van der Waals surface area (Å²) in [6.07, 6.45) is 1.49. The molecule has 0 radical (unpaired) electrons. The summed E-state index contributed by atoms with van der Waals surface area (Å²) in [5, 5.41) is 3.30. The Balaban J connectivity index is 1.72. The zero-order valence-electron chi connectivity index (χ0n) is 17.4. The van der Waals surface area contributed by atoms with Gasteiger partial charge in [-0.05, 0) is 49.2 Å². The molecule has 31 heavy (non-hydrogen) atoms. The van der Waals surface area contributed by atoms with Crippen LogP contribution in [0.4, 0.5) is 5.69 Å². The molecule has 0 aliphatic heterocycles. The van der Waals surface area contributed by atoms with Gasteiger partial charge in [0.05, 0.1) is 11.1 Å². The summed E-state index contributed by atoms with van der Waals surface area (Å²) in [6.45, 7) is 3.98. The quantitative estimate of drug-likeness (QED) is 0.493. The molecule has 0 fully saturated rings. The molecule has 0 saturated carbocycles. The highest BCUT2D eigenvalue weighted by molar-refractivity contribution is 6.10. The first-order chi connectivity index (χ1) is 14.9. The van der Waals surface area contributed by atoms with E-state index in [0.29, 0.717) is 22.2 Å². The fraction of sp³-hybridized carbons (Fsp3) is 0.115. The maximum atomic E-state index is 13.0. The van der Waals surface area contributed by atoms with Crippen molar-refractivity contribution in [1.29, 1.82) is 0 Å². The molecular formula is C26H22N2O3. The lowest BCUT2D eigenvalue weighted by atomic mass is 10.0. The smallest absolute Gasteiger partial charge is 0.244 e. The average molecular weight is 410 g/mol. The van der Waals surface area contributed by atoms with Crippen LogP contribution in [0.25, 0.3) is 10.9 Å². The van der Waals surface area contributed by atoms with E-state index in [-0.39, 0.29) is 29.2 Å². The van der Waals surface area contributed by atoms with Crippen molar-refractivity contribution in [3.8, 4) is 0 Å². The van der Waals surface area contributed by atoms with Crippen LogP contribution in [0.15, 0.2) is 83.8 Å². The van der Waals surface area contributed by atoms with E-state index in [4.69, 9.17) is 0 Å². The molecule has 5 heteroatoms. The Morgan fingerprint density at radius 1 is 0.871 bits per heavy atom. The SMILES string of the molecule is Cc1ccc(NC(=O)Cn2cc(C(=O)c3ccccc3)c(=O)c3ccccc32)cc1C. The van der Waals surface area contributed by atoms with Crippen molar-refractivity contribution in [2.75, 3.05) is 5.32 Å². The van der Waals surface area contributed by atoms with Crippen LogP contribution in [-0.2, 0) is 11.3 Å². The van der Waals surface area contributed by atoms with Crippen LogP contribution >= 0.6 is 0 Å². The highest BCUT2D eigenvalue weighted by atomic mass is 16.2. The molecule has 0 unspecified atom stereocenters. The zero-order chi connectivity index (χ0) is 22.0. The molecule has 0 aliphatic carbocycles. The number of aromatic nitrogens is 1. The second-order valence-corrected chi connectivity index (χ2v) is 7.56. The molecular weight excluding hydrogens is 388 g/mol. The topological polar surface area (TPSA) is 68.2 Å². The van der Waals surface area contributed by atoms with E-state index in [1.54, 1.807) is 53.1 Å². The van der Waals surface area contributed by atoms with E-state index in [2.05, 4.69) is 5.32 Å². The molecule has 0 saturated heterocycles. The summed E-state index contributed by atoms with van der Waals surface area (Å²) in [5.74, 6) is -0.602. The number of carbonyl (C=O) groups excluding carboxylic acids is 2. The van der Waals surface area contributed by atoms with Gasteiger partial charge >= 0.3 is 0 Å². The summed E-state index contributed by atoms with van der Waals surface area (Å²) in [6, 6.07) is 21.4.